The number of carbonyl (C=O) groups excluding carboxylic acids is 2. The summed E-state index contributed by atoms with van der Waals surface area (Å²) in [6.45, 7) is 4.24. The maximum absolute atomic E-state index is 12.1. The van der Waals surface area contributed by atoms with Crippen molar-refractivity contribution < 1.29 is 29.3 Å². The average Bonchev–Trinajstić information content (AvgIpc) is 2.43. The molecule has 0 radical (unpaired) electrons. The molecule has 1 aromatic rings. The van der Waals surface area contributed by atoms with E-state index >= 15 is 0 Å². The molecule has 0 aromatic heterocycles. The first-order valence-electron chi connectivity index (χ1n) is 6.99. The number of hydrogen-bond acceptors (Lipinski definition) is 6. The number of ether oxygens (including phenoxy) is 2. The van der Waals surface area contributed by atoms with E-state index in [9.17, 15) is 19.8 Å². The summed E-state index contributed by atoms with van der Waals surface area (Å²) in [6, 6.07) is 3.52. The van der Waals surface area contributed by atoms with Crippen molar-refractivity contribution in [1.29, 1.82) is 0 Å². The molecule has 22 heavy (non-hydrogen) atoms. The van der Waals surface area contributed by atoms with Crippen LogP contribution in [0.2, 0.25) is 0 Å². The molecular formula is C15H19NO6. The summed E-state index contributed by atoms with van der Waals surface area (Å²) in [5.74, 6) is -1.69. The van der Waals surface area contributed by atoms with Crippen molar-refractivity contribution in [3.8, 4) is 11.5 Å². The van der Waals surface area contributed by atoms with Gasteiger partial charge in [0.2, 0.25) is 0 Å². The Balaban J connectivity index is 1.91. The van der Waals surface area contributed by atoms with Crippen LogP contribution in [0, 0.1) is 0 Å². The Morgan fingerprint density at radius 1 is 1.27 bits per heavy atom. The third-order valence-electron chi connectivity index (χ3n) is 3.30. The number of rotatable bonds is 3. The molecule has 0 unspecified atom stereocenters. The lowest BCUT2D eigenvalue weighted by Gasteiger charge is -2.35. The summed E-state index contributed by atoms with van der Waals surface area (Å²) >= 11 is 0. The zero-order chi connectivity index (χ0) is 16.3. The lowest BCUT2D eigenvalue weighted by molar-refractivity contribution is -0.146. The van der Waals surface area contributed by atoms with Crippen LogP contribution in [-0.4, -0.2) is 58.9 Å². The topological polar surface area (TPSA) is 96.3 Å². The van der Waals surface area contributed by atoms with E-state index in [1.54, 1.807) is 4.90 Å². The van der Waals surface area contributed by atoms with Crippen LogP contribution in [0.15, 0.2) is 18.2 Å². The highest BCUT2D eigenvalue weighted by Gasteiger charge is 2.26. The van der Waals surface area contributed by atoms with Gasteiger partial charge in [-0.25, -0.2) is 4.79 Å². The predicted octanol–water partition coefficient (Wildman–Crippen LogP) is 0.890. The standard InChI is InChI=1S/C15H19NO6/c1-9-6-16(7-10(2)22-9)14(19)8-21-15(20)12-4-3-11(17)5-13(12)18/h3-5,9-10,17-18H,6-8H2,1-2H3/t9-,10-/m0/s1. The van der Waals surface area contributed by atoms with Gasteiger partial charge >= 0.3 is 5.97 Å². The third kappa shape index (κ3) is 3.88. The number of esters is 1. The minimum atomic E-state index is -0.819. The molecule has 1 amide bonds. The molecule has 120 valence electrons. The van der Waals surface area contributed by atoms with Gasteiger partial charge in [-0.1, -0.05) is 0 Å². The molecule has 1 aliphatic rings. The van der Waals surface area contributed by atoms with Gasteiger partial charge in [-0.15, -0.1) is 0 Å². The second kappa shape index (κ2) is 6.65. The Morgan fingerprint density at radius 2 is 1.91 bits per heavy atom. The fraction of sp³-hybridized carbons (Fsp3) is 0.467. The van der Waals surface area contributed by atoms with Gasteiger partial charge < -0.3 is 24.6 Å². The van der Waals surface area contributed by atoms with Crippen molar-refractivity contribution in [2.24, 2.45) is 0 Å². The van der Waals surface area contributed by atoms with Gasteiger partial charge in [-0.3, -0.25) is 4.79 Å². The molecular weight excluding hydrogens is 290 g/mol. The highest BCUT2D eigenvalue weighted by Crippen LogP contribution is 2.23. The van der Waals surface area contributed by atoms with Crippen LogP contribution in [0.4, 0.5) is 0 Å². The van der Waals surface area contributed by atoms with Gasteiger partial charge in [0.1, 0.15) is 17.1 Å². The van der Waals surface area contributed by atoms with E-state index in [0.717, 1.165) is 6.07 Å². The fourth-order valence-corrected chi connectivity index (χ4v) is 2.37. The smallest absolute Gasteiger partial charge is 0.342 e. The van der Waals surface area contributed by atoms with Crippen molar-refractivity contribution in [2.75, 3.05) is 19.7 Å². The second-order valence-corrected chi connectivity index (χ2v) is 5.33. The number of carbonyl (C=O) groups is 2. The molecule has 1 aromatic carbocycles. The molecule has 0 bridgehead atoms. The highest BCUT2D eigenvalue weighted by atomic mass is 16.5. The molecule has 0 spiro atoms. The molecule has 2 rings (SSSR count). The van der Waals surface area contributed by atoms with E-state index in [-0.39, 0.29) is 29.4 Å². The molecule has 1 saturated heterocycles. The first kappa shape index (κ1) is 16.1. The number of nitrogens with zero attached hydrogens (tertiary/aromatic N) is 1. The van der Waals surface area contributed by atoms with E-state index < -0.39 is 18.3 Å². The van der Waals surface area contributed by atoms with E-state index in [1.807, 2.05) is 13.8 Å². The normalized spacial score (nSPS) is 21.5. The first-order chi connectivity index (χ1) is 10.4. The molecule has 0 aliphatic carbocycles. The predicted molar refractivity (Wildman–Crippen MR) is 76.6 cm³/mol. The molecule has 1 fully saturated rings. The number of benzene rings is 1. The van der Waals surface area contributed by atoms with Crippen LogP contribution in [0.3, 0.4) is 0 Å². The number of phenolic OH excluding ortho intramolecular Hbond substituents is 2. The Morgan fingerprint density at radius 3 is 2.50 bits per heavy atom. The molecule has 2 atom stereocenters. The van der Waals surface area contributed by atoms with Crippen LogP contribution >= 0.6 is 0 Å². The van der Waals surface area contributed by atoms with Crippen molar-refractivity contribution in [3.63, 3.8) is 0 Å². The van der Waals surface area contributed by atoms with Crippen LogP contribution in [0.1, 0.15) is 24.2 Å². The number of phenols is 2. The van der Waals surface area contributed by atoms with Gasteiger partial charge in [0, 0.05) is 19.2 Å². The molecule has 2 N–H and O–H groups in total. The maximum atomic E-state index is 12.1. The van der Waals surface area contributed by atoms with Crippen molar-refractivity contribution in [2.45, 2.75) is 26.1 Å². The minimum Gasteiger partial charge on any atom is -0.508 e. The summed E-state index contributed by atoms with van der Waals surface area (Å²) in [7, 11) is 0. The minimum absolute atomic E-state index is 0.0652. The van der Waals surface area contributed by atoms with Crippen molar-refractivity contribution in [1.82, 2.24) is 4.90 Å². The number of morpholine rings is 1. The number of aromatic hydroxyl groups is 2. The van der Waals surface area contributed by atoms with Gasteiger partial charge in [-0.2, -0.15) is 0 Å². The summed E-state index contributed by atoms with van der Waals surface area (Å²) < 4.78 is 10.5. The van der Waals surface area contributed by atoms with Gasteiger partial charge in [-0.05, 0) is 26.0 Å². The van der Waals surface area contributed by atoms with Gasteiger partial charge in [0.05, 0.1) is 12.2 Å². The van der Waals surface area contributed by atoms with Gasteiger partial charge in [0.15, 0.2) is 6.61 Å². The van der Waals surface area contributed by atoms with E-state index in [2.05, 4.69) is 0 Å². The third-order valence-corrected chi connectivity index (χ3v) is 3.30. The summed E-state index contributed by atoms with van der Waals surface area (Å²) in [5.41, 5.74) is -0.102. The van der Waals surface area contributed by atoms with Crippen molar-refractivity contribution >= 4 is 11.9 Å². The molecule has 7 heteroatoms. The molecule has 1 heterocycles. The fourth-order valence-electron chi connectivity index (χ4n) is 2.37. The summed E-state index contributed by atoms with van der Waals surface area (Å²) in [4.78, 5) is 25.5. The van der Waals surface area contributed by atoms with Crippen LogP contribution in [0.25, 0.3) is 0 Å². The lowest BCUT2D eigenvalue weighted by Crippen LogP contribution is -2.49. The highest BCUT2D eigenvalue weighted by molar-refractivity contribution is 5.94. The Hall–Kier alpha value is -2.28. The largest absolute Gasteiger partial charge is 0.508 e. The Labute approximate surface area is 128 Å². The monoisotopic (exact) mass is 309 g/mol. The first-order valence-corrected chi connectivity index (χ1v) is 6.99. The zero-order valence-corrected chi connectivity index (χ0v) is 12.5. The van der Waals surface area contributed by atoms with Crippen molar-refractivity contribution in [3.05, 3.63) is 23.8 Å². The van der Waals surface area contributed by atoms with Crippen LogP contribution in [-0.2, 0) is 14.3 Å². The SMILES string of the molecule is C[C@H]1CN(C(=O)COC(=O)c2ccc(O)cc2O)C[C@H](C)O1. The number of amides is 1. The summed E-state index contributed by atoms with van der Waals surface area (Å²) in [5, 5.41) is 18.7. The Bertz CT molecular complexity index is 563. The number of hydrogen-bond donors (Lipinski definition) is 2. The quantitative estimate of drug-likeness (QED) is 0.805. The van der Waals surface area contributed by atoms with E-state index in [0.29, 0.717) is 13.1 Å². The van der Waals surface area contributed by atoms with Crippen LogP contribution < -0.4 is 0 Å². The van der Waals surface area contributed by atoms with E-state index in [4.69, 9.17) is 9.47 Å². The molecule has 1 aliphatic heterocycles. The van der Waals surface area contributed by atoms with Crippen LogP contribution in [0.5, 0.6) is 11.5 Å². The van der Waals surface area contributed by atoms with E-state index in [1.165, 1.54) is 12.1 Å². The molecule has 0 saturated carbocycles. The maximum Gasteiger partial charge on any atom is 0.342 e. The molecule has 7 nitrogen and oxygen atoms in total. The van der Waals surface area contributed by atoms with Gasteiger partial charge in [0.25, 0.3) is 5.91 Å². The average molecular weight is 309 g/mol. The lowest BCUT2D eigenvalue weighted by atomic mass is 10.2. The second-order valence-electron chi connectivity index (χ2n) is 5.33. The Kier molecular flexibility index (Phi) is 4.87. The summed E-state index contributed by atoms with van der Waals surface area (Å²) in [6.07, 6.45) is -0.130. The zero-order valence-electron chi connectivity index (χ0n) is 12.5.